The Morgan fingerprint density at radius 3 is 2.58 bits per heavy atom. The molecule has 172 valence electrons. The maximum Gasteiger partial charge on any atom is 0.433 e. The van der Waals surface area contributed by atoms with Gasteiger partial charge in [0.15, 0.2) is 0 Å². The van der Waals surface area contributed by atoms with E-state index in [-0.39, 0.29) is 42.7 Å². The topological polar surface area (TPSA) is 107 Å². The number of nitrogens with zero attached hydrogens (tertiary/aromatic N) is 1. The van der Waals surface area contributed by atoms with Gasteiger partial charge in [0.25, 0.3) is 5.91 Å². The number of rotatable bonds is 4. The zero-order chi connectivity index (χ0) is 24.1. The second kappa shape index (κ2) is 8.19. The van der Waals surface area contributed by atoms with Crippen molar-refractivity contribution < 1.29 is 31.9 Å². The van der Waals surface area contributed by atoms with Gasteiger partial charge in [-0.15, -0.1) is 22.7 Å². The smallest absolute Gasteiger partial charge is 0.433 e. The molecule has 0 fully saturated rings. The fraction of sp³-hybridized carbons (Fsp3) is 0.190. The predicted octanol–water partition coefficient (Wildman–Crippen LogP) is 5.87. The molecular formula is C21H16F3N3O4S2. The quantitative estimate of drug-likeness (QED) is 0.343. The Kier molecular flexibility index (Phi) is 5.66. The van der Waals surface area contributed by atoms with E-state index in [9.17, 15) is 22.8 Å². The molecule has 1 amide bonds. The van der Waals surface area contributed by atoms with Crippen LogP contribution in [0.25, 0.3) is 21.5 Å². The van der Waals surface area contributed by atoms with Crippen LogP contribution in [0.15, 0.2) is 28.9 Å². The van der Waals surface area contributed by atoms with Crippen LogP contribution in [0.3, 0.4) is 0 Å². The van der Waals surface area contributed by atoms with E-state index in [0.29, 0.717) is 5.56 Å². The molecule has 4 heterocycles. The number of aryl methyl sites for hydroxylation is 1. The Labute approximate surface area is 193 Å². The molecule has 4 aromatic rings. The van der Waals surface area contributed by atoms with E-state index in [1.165, 1.54) is 36.8 Å². The first-order chi connectivity index (χ1) is 15.5. The lowest BCUT2D eigenvalue weighted by molar-refractivity contribution is -0.140. The van der Waals surface area contributed by atoms with Crippen molar-refractivity contribution in [3.05, 3.63) is 51.0 Å². The number of anilines is 2. The first-order valence-corrected chi connectivity index (χ1v) is 11.0. The molecule has 0 saturated carbocycles. The highest BCUT2D eigenvalue weighted by Gasteiger charge is 2.35. The first-order valence-electron chi connectivity index (χ1n) is 9.36. The number of carbonyl (C=O) groups excluding carboxylic acids is 2. The number of amides is 1. The number of alkyl halides is 3. The van der Waals surface area contributed by atoms with Crippen LogP contribution in [0.4, 0.5) is 23.9 Å². The summed E-state index contributed by atoms with van der Waals surface area (Å²) < 4.78 is 50.4. The van der Waals surface area contributed by atoms with Gasteiger partial charge in [-0.05, 0) is 37.6 Å². The zero-order valence-corrected chi connectivity index (χ0v) is 19.1. The molecule has 0 aromatic carbocycles. The van der Waals surface area contributed by atoms with Gasteiger partial charge in [-0.1, -0.05) is 0 Å². The van der Waals surface area contributed by atoms with E-state index >= 15 is 0 Å². The third-order valence-electron chi connectivity index (χ3n) is 4.98. The molecule has 12 heteroatoms. The van der Waals surface area contributed by atoms with E-state index in [1.54, 1.807) is 13.8 Å². The van der Waals surface area contributed by atoms with Gasteiger partial charge < -0.3 is 20.2 Å². The van der Waals surface area contributed by atoms with Crippen molar-refractivity contribution in [3.8, 4) is 11.3 Å². The van der Waals surface area contributed by atoms with Crippen LogP contribution in [0.5, 0.6) is 0 Å². The Hall–Kier alpha value is -3.38. The number of hydrogen-bond acceptors (Lipinski definition) is 8. The van der Waals surface area contributed by atoms with Crippen LogP contribution < -0.4 is 11.1 Å². The van der Waals surface area contributed by atoms with E-state index in [2.05, 4.69) is 10.3 Å². The van der Waals surface area contributed by atoms with Gasteiger partial charge in [0, 0.05) is 15.8 Å². The van der Waals surface area contributed by atoms with Crippen molar-refractivity contribution >= 4 is 55.5 Å². The highest BCUT2D eigenvalue weighted by Crippen LogP contribution is 2.43. The summed E-state index contributed by atoms with van der Waals surface area (Å²) in [5.74, 6) is -1.14. The lowest BCUT2D eigenvalue weighted by Crippen LogP contribution is -2.14. The number of hydrogen-bond donors (Lipinski definition) is 2. The van der Waals surface area contributed by atoms with Gasteiger partial charge >= 0.3 is 12.1 Å². The molecule has 3 N–H and O–H groups in total. The van der Waals surface area contributed by atoms with E-state index in [4.69, 9.17) is 14.9 Å². The molecule has 0 saturated heterocycles. The highest BCUT2D eigenvalue weighted by atomic mass is 32.1. The number of nitrogens with one attached hydrogen (secondary N) is 1. The maximum absolute atomic E-state index is 13.4. The molecular weight excluding hydrogens is 479 g/mol. The zero-order valence-electron chi connectivity index (χ0n) is 17.4. The summed E-state index contributed by atoms with van der Waals surface area (Å²) in [6.07, 6.45) is -3.39. The molecule has 0 radical (unpaired) electrons. The fourth-order valence-corrected chi connectivity index (χ4v) is 5.34. The van der Waals surface area contributed by atoms with E-state index < -0.39 is 23.7 Å². The molecule has 7 nitrogen and oxygen atoms in total. The Morgan fingerprint density at radius 2 is 1.97 bits per heavy atom. The van der Waals surface area contributed by atoms with Gasteiger partial charge in [0.2, 0.25) is 0 Å². The summed E-state index contributed by atoms with van der Waals surface area (Å²) in [4.78, 5) is 29.6. The lowest BCUT2D eigenvalue weighted by Gasteiger charge is -2.09. The molecule has 33 heavy (non-hydrogen) atoms. The average Bonchev–Trinajstić information content (AvgIpc) is 3.46. The van der Waals surface area contributed by atoms with Gasteiger partial charge in [0.05, 0.1) is 24.6 Å². The summed E-state index contributed by atoms with van der Waals surface area (Å²) in [5, 5.41) is 3.08. The molecule has 0 unspecified atom stereocenters. The van der Waals surface area contributed by atoms with Crippen LogP contribution in [0.2, 0.25) is 0 Å². The summed E-state index contributed by atoms with van der Waals surface area (Å²) in [6, 6.07) is 3.86. The Balaban J connectivity index is 1.84. The van der Waals surface area contributed by atoms with Crippen LogP contribution in [0, 0.1) is 13.8 Å². The summed E-state index contributed by atoms with van der Waals surface area (Å²) in [6.45, 7) is 3.51. The molecule has 0 bridgehead atoms. The van der Waals surface area contributed by atoms with Crippen LogP contribution >= 0.6 is 22.7 Å². The number of nitrogen functional groups attached to an aromatic ring is 1. The van der Waals surface area contributed by atoms with Crippen molar-refractivity contribution in [3.63, 3.8) is 0 Å². The van der Waals surface area contributed by atoms with Crippen molar-refractivity contribution in [2.75, 3.05) is 18.2 Å². The number of nitrogens with two attached hydrogens (primary N) is 1. The number of fused-ring (bicyclic) bond motifs is 1. The second-order valence-electron chi connectivity index (χ2n) is 6.99. The molecule has 4 rings (SSSR count). The SMILES string of the molecule is COC(=O)c1c(NC(=O)c2sc3nc(C(F)(F)F)cc(-c4ccco4)c3c2N)sc(C)c1C. The summed E-state index contributed by atoms with van der Waals surface area (Å²) in [7, 11) is 1.23. The third kappa shape index (κ3) is 3.95. The number of furan rings is 1. The highest BCUT2D eigenvalue weighted by molar-refractivity contribution is 7.21. The molecule has 4 aromatic heterocycles. The number of ether oxygens (including phenoxy) is 1. The largest absolute Gasteiger partial charge is 0.465 e. The minimum Gasteiger partial charge on any atom is -0.465 e. The summed E-state index contributed by atoms with van der Waals surface area (Å²) in [5.41, 5.74) is 5.99. The van der Waals surface area contributed by atoms with Gasteiger partial charge in [-0.3, -0.25) is 4.79 Å². The van der Waals surface area contributed by atoms with Gasteiger partial charge in [-0.2, -0.15) is 13.2 Å². The van der Waals surface area contributed by atoms with Crippen LogP contribution in [0.1, 0.15) is 36.2 Å². The number of carbonyl (C=O) groups is 2. The number of methoxy groups -OCH3 is 1. The standard InChI is InChI=1S/C21H16F3N3O4S2/c1-8-9(2)32-18(13(8)20(29)30-3)27-17(28)16-15(25)14-10(11-5-4-6-31-11)7-12(21(22,23)24)26-19(14)33-16/h4-7H,25H2,1-3H3,(H,27,28). The molecule has 0 aliphatic heterocycles. The van der Waals surface area contributed by atoms with Gasteiger partial charge in [0.1, 0.15) is 26.2 Å². The Morgan fingerprint density at radius 1 is 1.24 bits per heavy atom. The van der Waals surface area contributed by atoms with Crippen LogP contribution in [-0.2, 0) is 10.9 Å². The minimum absolute atomic E-state index is 0.0373. The van der Waals surface area contributed by atoms with E-state index in [1.807, 2.05) is 0 Å². The average molecular weight is 496 g/mol. The molecule has 0 aliphatic carbocycles. The number of aromatic nitrogens is 1. The predicted molar refractivity (Wildman–Crippen MR) is 120 cm³/mol. The Bertz CT molecular complexity index is 1390. The van der Waals surface area contributed by atoms with Crippen molar-refractivity contribution in [2.24, 2.45) is 0 Å². The maximum atomic E-state index is 13.4. The molecule has 0 spiro atoms. The number of esters is 1. The number of thiophene rings is 2. The lowest BCUT2D eigenvalue weighted by atomic mass is 10.1. The van der Waals surface area contributed by atoms with Crippen LogP contribution in [-0.4, -0.2) is 24.0 Å². The third-order valence-corrected chi connectivity index (χ3v) is 7.21. The molecule has 0 atom stereocenters. The van der Waals surface area contributed by atoms with Crippen molar-refractivity contribution in [1.82, 2.24) is 4.98 Å². The minimum atomic E-state index is -4.71. The summed E-state index contributed by atoms with van der Waals surface area (Å²) >= 11 is 1.90. The van der Waals surface area contributed by atoms with E-state index in [0.717, 1.165) is 22.3 Å². The number of pyridine rings is 1. The fourth-order valence-electron chi connectivity index (χ4n) is 3.28. The monoisotopic (exact) mass is 495 g/mol. The first kappa shape index (κ1) is 22.8. The molecule has 0 aliphatic rings. The van der Waals surface area contributed by atoms with Crippen molar-refractivity contribution in [1.29, 1.82) is 0 Å². The van der Waals surface area contributed by atoms with Crippen molar-refractivity contribution in [2.45, 2.75) is 20.0 Å². The second-order valence-corrected chi connectivity index (χ2v) is 9.21. The van der Waals surface area contributed by atoms with Gasteiger partial charge in [-0.25, -0.2) is 9.78 Å². The normalized spacial score (nSPS) is 11.7. The number of halogens is 3.